The Labute approximate surface area is 185 Å². The van der Waals surface area contributed by atoms with Crippen LogP contribution in [0.4, 0.5) is 0 Å². The van der Waals surface area contributed by atoms with E-state index < -0.39 is 0 Å². The maximum absolute atomic E-state index is 12.1. The van der Waals surface area contributed by atoms with Crippen molar-refractivity contribution in [3.05, 3.63) is 94.9 Å². The van der Waals surface area contributed by atoms with E-state index in [2.05, 4.69) is 36.2 Å². The van der Waals surface area contributed by atoms with Crippen LogP contribution < -0.4 is 4.57 Å². The van der Waals surface area contributed by atoms with Gasteiger partial charge in [0.25, 0.3) is 5.52 Å². The second-order valence-corrected chi connectivity index (χ2v) is 7.95. The highest BCUT2D eigenvalue weighted by Crippen LogP contribution is 2.36. The smallest absolute Gasteiger partial charge is 0.333 e. The molecule has 0 radical (unpaired) electrons. The minimum Gasteiger partial charge on any atom is -0.466 e. The van der Waals surface area contributed by atoms with Gasteiger partial charge in [0.1, 0.15) is 5.39 Å². The third kappa shape index (κ3) is 3.32. The highest BCUT2D eigenvalue weighted by atomic mass is 16.5. The van der Waals surface area contributed by atoms with E-state index in [1.807, 2.05) is 47.2 Å². The molecule has 0 N–H and O–H groups in total. The summed E-state index contributed by atoms with van der Waals surface area (Å²) in [6.07, 6.45) is 6.24. The number of esters is 1. The molecule has 32 heavy (non-hydrogen) atoms. The van der Waals surface area contributed by atoms with Gasteiger partial charge in [0.05, 0.1) is 7.11 Å². The lowest BCUT2D eigenvalue weighted by Crippen LogP contribution is -2.15. The Hall–Kier alpha value is -3.99. The van der Waals surface area contributed by atoms with Gasteiger partial charge in [-0.1, -0.05) is 18.2 Å². The average molecular weight is 423 g/mol. The van der Waals surface area contributed by atoms with Crippen molar-refractivity contribution in [2.24, 2.45) is 0 Å². The predicted molar refractivity (Wildman–Crippen MR) is 124 cm³/mol. The van der Waals surface area contributed by atoms with E-state index in [9.17, 15) is 4.79 Å². The molecule has 5 nitrogen and oxygen atoms in total. The quantitative estimate of drug-likeness (QED) is 0.227. The molecule has 0 fully saturated rings. The van der Waals surface area contributed by atoms with E-state index in [0.29, 0.717) is 12.0 Å². The molecule has 0 amide bonds. The van der Waals surface area contributed by atoms with Gasteiger partial charge in [-0.25, -0.2) is 9.32 Å². The van der Waals surface area contributed by atoms with Gasteiger partial charge in [-0.05, 0) is 60.7 Å². The third-order valence-corrected chi connectivity index (χ3v) is 5.82. The van der Waals surface area contributed by atoms with Gasteiger partial charge in [-0.3, -0.25) is 4.98 Å². The van der Waals surface area contributed by atoms with Crippen molar-refractivity contribution in [3.8, 4) is 0 Å². The Kier molecular flexibility index (Phi) is 4.94. The Balaban J connectivity index is 1.90. The lowest BCUT2D eigenvalue weighted by atomic mass is 9.90. The van der Waals surface area contributed by atoms with Crippen LogP contribution >= 0.6 is 0 Å². The Bertz CT molecular complexity index is 1510. The summed E-state index contributed by atoms with van der Waals surface area (Å²) in [4.78, 5) is 16.7. The van der Waals surface area contributed by atoms with Crippen LogP contribution in [0.2, 0.25) is 0 Å². The van der Waals surface area contributed by atoms with Gasteiger partial charge in [0.15, 0.2) is 0 Å². The number of rotatable bonds is 4. The maximum Gasteiger partial charge on any atom is 0.333 e. The maximum atomic E-state index is 12.1. The van der Waals surface area contributed by atoms with E-state index >= 15 is 0 Å². The molecule has 0 aliphatic heterocycles. The SMILES string of the molecule is COC(=O)/C(C)=C/c1ccc2cc(C)c3o[n+]4ccccc4c3c2c1Cc1ccccn1. The van der Waals surface area contributed by atoms with Crippen molar-refractivity contribution in [2.75, 3.05) is 7.11 Å². The molecule has 0 unspecified atom stereocenters. The third-order valence-electron chi connectivity index (χ3n) is 5.82. The average Bonchev–Trinajstić information content (AvgIpc) is 3.21. The van der Waals surface area contributed by atoms with Crippen LogP contribution in [0.15, 0.2) is 77.1 Å². The van der Waals surface area contributed by atoms with E-state index in [0.717, 1.165) is 49.6 Å². The molecule has 3 heterocycles. The summed E-state index contributed by atoms with van der Waals surface area (Å²) in [5.41, 5.74) is 6.51. The molecule has 3 aromatic heterocycles. The van der Waals surface area contributed by atoms with Crippen molar-refractivity contribution in [1.82, 2.24) is 4.98 Å². The number of hydrogen-bond acceptors (Lipinski definition) is 4. The molecule has 0 spiro atoms. The van der Waals surface area contributed by atoms with Crippen LogP contribution in [0.1, 0.15) is 29.3 Å². The summed E-state index contributed by atoms with van der Waals surface area (Å²) in [6, 6.07) is 18.3. The van der Waals surface area contributed by atoms with Gasteiger partial charge in [-0.2, -0.15) is 0 Å². The van der Waals surface area contributed by atoms with Gasteiger partial charge in [0.2, 0.25) is 11.8 Å². The number of aryl methyl sites for hydroxylation is 1. The number of ether oxygens (including phenoxy) is 1. The number of carbonyl (C=O) groups is 1. The first-order chi connectivity index (χ1) is 15.6. The van der Waals surface area contributed by atoms with Crippen LogP contribution in [0.5, 0.6) is 0 Å². The Morgan fingerprint density at radius 2 is 1.97 bits per heavy atom. The molecule has 0 aliphatic carbocycles. The van der Waals surface area contributed by atoms with E-state index in [4.69, 9.17) is 9.26 Å². The summed E-state index contributed by atoms with van der Waals surface area (Å²) in [5.74, 6) is -0.341. The highest BCUT2D eigenvalue weighted by Gasteiger charge is 2.23. The first-order valence-electron chi connectivity index (χ1n) is 10.5. The lowest BCUT2D eigenvalue weighted by molar-refractivity contribution is -0.712. The summed E-state index contributed by atoms with van der Waals surface area (Å²) in [5, 5.41) is 3.30. The molecule has 0 saturated carbocycles. The summed E-state index contributed by atoms with van der Waals surface area (Å²) < 4.78 is 12.9. The molecule has 0 saturated heterocycles. The van der Waals surface area contributed by atoms with Crippen LogP contribution in [0.25, 0.3) is 33.3 Å². The second-order valence-electron chi connectivity index (χ2n) is 7.95. The van der Waals surface area contributed by atoms with E-state index in [1.165, 1.54) is 7.11 Å². The van der Waals surface area contributed by atoms with Crippen LogP contribution in [-0.4, -0.2) is 18.1 Å². The zero-order chi connectivity index (χ0) is 22.2. The molecule has 0 atom stereocenters. The number of fused-ring (bicyclic) bond motifs is 5. The molecule has 5 rings (SSSR count). The molecular formula is C27H23N2O3+. The standard InChI is InChI=1S/C27H23N2O3/c1-17-14-20-11-10-19(15-18(2)27(30)31-3)22(16-21-8-4-6-12-28-21)24(20)25-23-9-5-7-13-29(23)32-26(17)25/h4-15H,16H2,1-3H3/q+1/b18-15+. The topological polar surface area (TPSA) is 56.4 Å². The molecular weight excluding hydrogens is 400 g/mol. The predicted octanol–water partition coefficient (Wildman–Crippen LogP) is 5.20. The summed E-state index contributed by atoms with van der Waals surface area (Å²) >= 11 is 0. The molecule has 158 valence electrons. The van der Waals surface area contributed by atoms with Gasteiger partial charge in [-0.15, -0.1) is 0 Å². The van der Waals surface area contributed by atoms with Crippen molar-refractivity contribution >= 4 is 39.3 Å². The van der Waals surface area contributed by atoms with E-state index in [-0.39, 0.29) is 5.97 Å². The minimum atomic E-state index is -0.341. The molecule has 2 aromatic carbocycles. The van der Waals surface area contributed by atoms with Gasteiger partial charge >= 0.3 is 5.97 Å². The van der Waals surface area contributed by atoms with Crippen LogP contribution in [0, 0.1) is 6.92 Å². The fourth-order valence-electron chi connectivity index (χ4n) is 4.33. The van der Waals surface area contributed by atoms with Crippen molar-refractivity contribution < 1.29 is 18.6 Å². The first kappa shape index (κ1) is 19.9. The fourth-order valence-corrected chi connectivity index (χ4v) is 4.33. The van der Waals surface area contributed by atoms with Crippen molar-refractivity contribution in [2.45, 2.75) is 20.3 Å². The number of methoxy groups -OCH3 is 1. The Morgan fingerprint density at radius 1 is 1.12 bits per heavy atom. The summed E-state index contributed by atoms with van der Waals surface area (Å²) in [6.45, 7) is 3.84. The zero-order valence-corrected chi connectivity index (χ0v) is 18.3. The monoisotopic (exact) mass is 423 g/mol. The number of carbonyl (C=O) groups excluding carboxylic acids is 1. The Morgan fingerprint density at radius 3 is 2.75 bits per heavy atom. The number of nitrogens with zero attached hydrogens (tertiary/aromatic N) is 2. The van der Waals surface area contributed by atoms with Crippen LogP contribution in [-0.2, 0) is 16.0 Å². The molecule has 5 heteroatoms. The lowest BCUT2D eigenvalue weighted by Gasteiger charge is -2.13. The molecule has 0 bridgehead atoms. The molecule has 0 aliphatic rings. The van der Waals surface area contributed by atoms with Crippen LogP contribution in [0.3, 0.4) is 0 Å². The number of benzene rings is 2. The van der Waals surface area contributed by atoms with Gasteiger partial charge < -0.3 is 4.74 Å². The number of hydrogen-bond donors (Lipinski definition) is 0. The molecule has 5 aromatic rings. The highest BCUT2D eigenvalue weighted by molar-refractivity contribution is 6.15. The first-order valence-corrected chi connectivity index (χ1v) is 10.5. The van der Waals surface area contributed by atoms with Crippen molar-refractivity contribution in [1.29, 1.82) is 0 Å². The van der Waals surface area contributed by atoms with Gasteiger partial charge in [0, 0.05) is 51.5 Å². The summed E-state index contributed by atoms with van der Waals surface area (Å²) in [7, 11) is 1.40. The van der Waals surface area contributed by atoms with E-state index in [1.54, 1.807) is 13.1 Å². The fraction of sp³-hybridized carbons (Fsp3) is 0.148. The number of aromatic nitrogens is 2. The zero-order valence-electron chi connectivity index (χ0n) is 18.3. The largest absolute Gasteiger partial charge is 0.466 e. The number of pyridine rings is 2. The normalized spacial score (nSPS) is 12.0. The minimum absolute atomic E-state index is 0.341. The van der Waals surface area contributed by atoms with Crippen molar-refractivity contribution in [3.63, 3.8) is 0 Å². The second kappa shape index (κ2) is 7.93.